The Morgan fingerprint density at radius 2 is 1.97 bits per heavy atom. The number of amides is 1. The first-order valence-electron chi connectivity index (χ1n) is 8.99. The van der Waals surface area contributed by atoms with Gasteiger partial charge >= 0.3 is 0 Å². The van der Waals surface area contributed by atoms with Crippen LogP contribution in [0, 0.1) is 0 Å². The normalized spacial score (nSPS) is 11.1. The minimum absolute atomic E-state index is 0.0906. The first-order valence-corrected chi connectivity index (χ1v) is 11.8. The van der Waals surface area contributed by atoms with Crippen LogP contribution in [0.1, 0.15) is 0 Å². The number of carbonyl (C=O) groups is 1. The van der Waals surface area contributed by atoms with Crippen LogP contribution in [0.5, 0.6) is 11.5 Å². The van der Waals surface area contributed by atoms with Gasteiger partial charge in [0.2, 0.25) is 15.7 Å². The lowest BCUT2D eigenvalue weighted by Crippen LogP contribution is -2.20. The maximum Gasteiger partial charge on any atom is 0.270 e. The first kappa shape index (κ1) is 23.6. The Hall–Kier alpha value is -3.02. The lowest BCUT2D eigenvalue weighted by Gasteiger charge is -2.11. The fourth-order valence-corrected chi connectivity index (χ4v) is 4.79. The number of ether oxygens (including phenoxy) is 2. The van der Waals surface area contributed by atoms with Crippen LogP contribution in [0.4, 0.5) is 5.69 Å². The van der Waals surface area contributed by atoms with E-state index in [9.17, 15) is 18.0 Å². The molecule has 0 aliphatic heterocycles. The number of benzene rings is 2. The summed E-state index contributed by atoms with van der Waals surface area (Å²) in [6.07, 6.45) is 0.959. The largest absolute Gasteiger partial charge is 0.497 e. The molecule has 1 aromatic heterocycles. The Labute approximate surface area is 193 Å². The Bertz CT molecular complexity index is 1310. The number of aromatic amines is 1. The highest BCUT2D eigenvalue weighted by molar-refractivity contribution is 7.99. The van der Waals surface area contributed by atoms with Gasteiger partial charge in [-0.2, -0.15) is 0 Å². The molecule has 0 aliphatic rings. The molecule has 2 aromatic carbocycles. The molecule has 0 radical (unpaired) electrons. The second-order valence-corrected chi connectivity index (χ2v) is 9.56. The number of sulfone groups is 1. The second-order valence-electron chi connectivity index (χ2n) is 6.25. The van der Waals surface area contributed by atoms with E-state index in [-0.39, 0.29) is 26.7 Å². The summed E-state index contributed by atoms with van der Waals surface area (Å²) in [5.74, 6) is 0.506. The zero-order valence-corrected chi connectivity index (χ0v) is 19.3. The highest BCUT2D eigenvalue weighted by atomic mass is 35.5. The molecule has 0 unspecified atom stereocenters. The lowest BCUT2D eigenvalue weighted by atomic mass is 10.2. The topological polar surface area (TPSA) is 127 Å². The summed E-state index contributed by atoms with van der Waals surface area (Å²) in [5, 5.41) is 3.00. The van der Waals surface area contributed by atoms with E-state index in [0.29, 0.717) is 17.2 Å². The molecule has 32 heavy (non-hydrogen) atoms. The molecular formula is C20H18ClN3O6S2. The smallest absolute Gasteiger partial charge is 0.270 e. The van der Waals surface area contributed by atoms with Crippen LogP contribution in [-0.2, 0) is 14.6 Å². The summed E-state index contributed by atoms with van der Waals surface area (Å²) >= 11 is 6.78. The van der Waals surface area contributed by atoms with Crippen molar-refractivity contribution in [2.45, 2.75) is 14.9 Å². The van der Waals surface area contributed by atoms with E-state index < -0.39 is 20.3 Å². The third kappa shape index (κ3) is 5.42. The van der Waals surface area contributed by atoms with Crippen LogP contribution in [0.25, 0.3) is 0 Å². The van der Waals surface area contributed by atoms with Crippen molar-refractivity contribution in [1.82, 2.24) is 9.97 Å². The lowest BCUT2D eigenvalue weighted by molar-refractivity contribution is -0.113. The minimum atomic E-state index is -4.10. The third-order valence-electron chi connectivity index (χ3n) is 4.16. The van der Waals surface area contributed by atoms with Gasteiger partial charge in [0.1, 0.15) is 11.5 Å². The van der Waals surface area contributed by atoms with E-state index in [2.05, 4.69) is 15.3 Å². The number of nitrogens with zero attached hydrogens (tertiary/aromatic N) is 1. The monoisotopic (exact) mass is 495 g/mol. The minimum Gasteiger partial charge on any atom is -0.497 e. The number of anilines is 1. The number of thioether (sulfide) groups is 1. The van der Waals surface area contributed by atoms with E-state index in [1.54, 1.807) is 18.2 Å². The average Bonchev–Trinajstić information content (AvgIpc) is 2.77. The average molecular weight is 496 g/mol. The number of hydrogen-bond acceptors (Lipinski definition) is 8. The van der Waals surface area contributed by atoms with Crippen LogP contribution in [0.15, 0.2) is 68.4 Å². The number of nitrogens with one attached hydrogen (secondary N) is 2. The molecule has 1 amide bonds. The fourth-order valence-electron chi connectivity index (χ4n) is 2.62. The van der Waals surface area contributed by atoms with E-state index in [1.807, 2.05) is 0 Å². The highest BCUT2D eigenvalue weighted by Gasteiger charge is 2.22. The summed E-state index contributed by atoms with van der Waals surface area (Å²) < 4.78 is 35.7. The predicted molar refractivity (Wildman–Crippen MR) is 121 cm³/mol. The number of rotatable bonds is 8. The second kappa shape index (κ2) is 10.1. The number of methoxy groups -OCH3 is 2. The van der Waals surface area contributed by atoms with Crippen molar-refractivity contribution >= 4 is 44.8 Å². The summed E-state index contributed by atoms with van der Waals surface area (Å²) in [6.45, 7) is 0. The standard InChI is InChI=1S/C20H18ClN3O6S2/c1-29-13-6-7-16(30-2)15(9-13)23-18(25)11-31-20-22-10-17(19(26)24-20)32(27,28)14-5-3-4-12(21)8-14/h3-10H,11H2,1-2H3,(H,23,25)(H,22,24,26). The van der Waals surface area contributed by atoms with Gasteiger partial charge in [0.05, 0.1) is 36.8 Å². The van der Waals surface area contributed by atoms with E-state index >= 15 is 0 Å². The summed E-state index contributed by atoms with van der Waals surface area (Å²) in [7, 11) is -1.13. The van der Waals surface area contributed by atoms with Crippen molar-refractivity contribution < 1.29 is 22.7 Å². The molecule has 0 saturated heterocycles. The molecule has 0 spiro atoms. The van der Waals surface area contributed by atoms with Gasteiger partial charge in [-0.3, -0.25) is 9.59 Å². The molecule has 0 fully saturated rings. The fraction of sp³-hybridized carbons (Fsp3) is 0.150. The van der Waals surface area contributed by atoms with E-state index in [0.717, 1.165) is 18.0 Å². The van der Waals surface area contributed by atoms with E-state index in [1.165, 1.54) is 38.5 Å². The van der Waals surface area contributed by atoms with E-state index in [4.69, 9.17) is 21.1 Å². The van der Waals surface area contributed by atoms with Gasteiger partial charge in [0.15, 0.2) is 10.1 Å². The molecule has 2 N–H and O–H groups in total. The quantitative estimate of drug-likeness (QED) is 0.360. The van der Waals surface area contributed by atoms with Gasteiger partial charge < -0.3 is 19.8 Å². The van der Waals surface area contributed by atoms with Gasteiger partial charge in [0.25, 0.3) is 5.56 Å². The number of halogens is 1. The Morgan fingerprint density at radius 1 is 1.19 bits per heavy atom. The molecule has 3 rings (SSSR count). The summed E-state index contributed by atoms with van der Waals surface area (Å²) in [6, 6.07) is 10.5. The maximum atomic E-state index is 12.7. The highest BCUT2D eigenvalue weighted by Crippen LogP contribution is 2.29. The van der Waals surface area contributed by atoms with Crippen LogP contribution in [0.3, 0.4) is 0 Å². The maximum absolute atomic E-state index is 12.7. The van der Waals surface area contributed by atoms with Gasteiger partial charge in [0, 0.05) is 11.1 Å². The van der Waals surface area contributed by atoms with Gasteiger partial charge in [-0.25, -0.2) is 13.4 Å². The molecule has 1 heterocycles. The predicted octanol–water partition coefficient (Wildman–Crippen LogP) is 3.00. The molecular weight excluding hydrogens is 478 g/mol. The molecule has 0 bridgehead atoms. The van der Waals surface area contributed by atoms with Gasteiger partial charge in [-0.05, 0) is 30.3 Å². The molecule has 9 nitrogen and oxygen atoms in total. The third-order valence-corrected chi connectivity index (χ3v) is 7.03. The molecule has 12 heteroatoms. The number of hydrogen-bond donors (Lipinski definition) is 2. The zero-order valence-electron chi connectivity index (χ0n) is 16.9. The van der Waals surface area contributed by atoms with Gasteiger partial charge in [-0.15, -0.1) is 0 Å². The zero-order chi connectivity index (χ0) is 23.3. The molecule has 0 saturated carbocycles. The molecule has 0 atom stereocenters. The SMILES string of the molecule is COc1ccc(OC)c(NC(=O)CSc2ncc(S(=O)(=O)c3cccc(Cl)c3)c(=O)[nH]2)c1. The van der Waals surface area contributed by atoms with Crippen LogP contribution < -0.4 is 20.3 Å². The number of carbonyl (C=O) groups excluding carboxylic acids is 1. The van der Waals surface area contributed by atoms with Crippen molar-refractivity contribution in [2.75, 3.05) is 25.3 Å². The molecule has 168 valence electrons. The van der Waals surface area contributed by atoms with Crippen molar-refractivity contribution in [3.8, 4) is 11.5 Å². The number of aromatic nitrogens is 2. The first-order chi connectivity index (χ1) is 15.2. The van der Waals surface area contributed by atoms with Gasteiger partial charge in [-0.1, -0.05) is 29.4 Å². The summed E-state index contributed by atoms with van der Waals surface area (Å²) in [4.78, 5) is 30.4. The summed E-state index contributed by atoms with van der Waals surface area (Å²) in [5.41, 5.74) is -0.431. The Balaban J connectivity index is 1.72. The van der Waals surface area contributed by atoms with Crippen LogP contribution in [-0.4, -0.2) is 44.3 Å². The van der Waals surface area contributed by atoms with Crippen LogP contribution >= 0.6 is 23.4 Å². The Morgan fingerprint density at radius 3 is 2.62 bits per heavy atom. The molecule has 0 aliphatic carbocycles. The van der Waals surface area contributed by atoms with Crippen molar-refractivity contribution in [2.24, 2.45) is 0 Å². The van der Waals surface area contributed by atoms with Crippen molar-refractivity contribution in [3.63, 3.8) is 0 Å². The van der Waals surface area contributed by atoms with Crippen molar-refractivity contribution in [1.29, 1.82) is 0 Å². The number of H-pyrrole nitrogens is 1. The van der Waals surface area contributed by atoms with Crippen molar-refractivity contribution in [3.05, 3.63) is 64.0 Å². The Kier molecular flexibility index (Phi) is 7.44. The molecule has 3 aromatic rings. The van der Waals surface area contributed by atoms with Crippen LogP contribution in [0.2, 0.25) is 5.02 Å².